The third-order valence-electron chi connectivity index (χ3n) is 4.42. The van der Waals surface area contributed by atoms with E-state index < -0.39 is 5.91 Å². The number of phenols is 1. The monoisotopic (exact) mass is 379 g/mol. The Labute approximate surface area is 165 Å². The zero-order valence-corrected chi connectivity index (χ0v) is 16.4. The van der Waals surface area contributed by atoms with Gasteiger partial charge in [-0.05, 0) is 49.8 Å². The summed E-state index contributed by atoms with van der Waals surface area (Å²) < 4.78 is 5.10. The predicted molar refractivity (Wildman–Crippen MR) is 110 cm³/mol. The lowest BCUT2D eigenvalue weighted by Gasteiger charge is -2.21. The number of nitriles is 1. The number of aromatic hydroxyl groups is 1. The number of carbonyl (C=O) groups is 1. The van der Waals surface area contributed by atoms with Crippen LogP contribution in [0.15, 0.2) is 48.0 Å². The standard InChI is InChI=1S/C22H25N3O3/c1-4-25(5-2)19-9-8-17(21(26)13-19)12-18(14-23)22(27)24-15-16-6-10-20(28-3)11-7-16/h6-13,26H,4-5,15H2,1-3H3,(H,24,27). The van der Waals surface area contributed by atoms with Crippen molar-refractivity contribution in [1.29, 1.82) is 5.26 Å². The van der Waals surface area contributed by atoms with Crippen LogP contribution in [0.3, 0.4) is 0 Å². The van der Waals surface area contributed by atoms with Gasteiger partial charge in [0.15, 0.2) is 0 Å². The number of hydrogen-bond donors (Lipinski definition) is 2. The molecule has 0 saturated heterocycles. The van der Waals surface area contributed by atoms with Crippen LogP contribution < -0.4 is 15.0 Å². The molecule has 0 spiro atoms. The first-order valence-corrected chi connectivity index (χ1v) is 9.13. The van der Waals surface area contributed by atoms with Gasteiger partial charge in [0.05, 0.1) is 7.11 Å². The fourth-order valence-corrected chi connectivity index (χ4v) is 2.76. The zero-order valence-electron chi connectivity index (χ0n) is 16.4. The van der Waals surface area contributed by atoms with E-state index in [0.717, 1.165) is 30.1 Å². The SMILES string of the molecule is CCN(CC)c1ccc(C=C(C#N)C(=O)NCc2ccc(OC)cc2)c(O)c1. The Morgan fingerprint density at radius 3 is 2.43 bits per heavy atom. The van der Waals surface area contributed by atoms with Gasteiger partial charge in [-0.2, -0.15) is 5.26 Å². The minimum absolute atomic E-state index is 0.0279. The maximum absolute atomic E-state index is 12.3. The molecule has 0 unspecified atom stereocenters. The molecular weight excluding hydrogens is 354 g/mol. The molecule has 6 heteroatoms. The fourth-order valence-electron chi connectivity index (χ4n) is 2.76. The molecule has 0 atom stereocenters. The number of rotatable bonds is 8. The molecule has 6 nitrogen and oxygen atoms in total. The number of amides is 1. The highest BCUT2D eigenvalue weighted by Gasteiger charge is 2.11. The van der Waals surface area contributed by atoms with Crippen LogP contribution >= 0.6 is 0 Å². The molecule has 0 aliphatic rings. The van der Waals surface area contributed by atoms with Crippen LogP contribution in [0.1, 0.15) is 25.0 Å². The molecular formula is C22H25N3O3. The quantitative estimate of drug-likeness (QED) is 0.542. The predicted octanol–water partition coefficient (Wildman–Crippen LogP) is 3.47. The zero-order chi connectivity index (χ0) is 20.5. The Morgan fingerprint density at radius 2 is 1.89 bits per heavy atom. The van der Waals surface area contributed by atoms with Crippen LogP contribution in [0.25, 0.3) is 6.08 Å². The molecule has 2 rings (SSSR count). The molecule has 146 valence electrons. The van der Waals surface area contributed by atoms with Crippen LogP contribution in [0.4, 0.5) is 5.69 Å². The molecule has 0 saturated carbocycles. The summed E-state index contributed by atoms with van der Waals surface area (Å²) in [5, 5.41) is 22.4. The molecule has 2 N–H and O–H groups in total. The van der Waals surface area contributed by atoms with Gasteiger partial charge in [0.1, 0.15) is 23.1 Å². The van der Waals surface area contributed by atoms with E-state index in [-0.39, 0.29) is 17.9 Å². The molecule has 1 amide bonds. The molecule has 0 bridgehead atoms. The van der Waals surface area contributed by atoms with E-state index in [2.05, 4.69) is 10.2 Å². The second kappa shape index (κ2) is 10.0. The largest absolute Gasteiger partial charge is 0.507 e. The summed E-state index contributed by atoms with van der Waals surface area (Å²) in [7, 11) is 1.59. The second-order valence-corrected chi connectivity index (χ2v) is 6.12. The first-order valence-electron chi connectivity index (χ1n) is 9.13. The molecule has 28 heavy (non-hydrogen) atoms. The number of anilines is 1. The van der Waals surface area contributed by atoms with Gasteiger partial charge in [0.2, 0.25) is 0 Å². The van der Waals surface area contributed by atoms with E-state index >= 15 is 0 Å². The van der Waals surface area contributed by atoms with E-state index in [1.54, 1.807) is 31.4 Å². The summed E-state index contributed by atoms with van der Waals surface area (Å²) >= 11 is 0. The number of carbonyl (C=O) groups excluding carboxylic acids is 1. The Hall–Kier alpha value is -3.46. The van der Waals surface area contributed by atoms with E-state index in [0.29, 0.717) is 5.56 Å². The van der Waals surface area contributed by atoms with Gasteiger partial charge in [-0.3, -0.25) is 4.79 Å². The van der Waals surface area contributed by atoms with Crippen molar-refractivity contribution in [3.8, 4) is 17.6 Å². The second-order valence-electron chi connectivity index (χ2n) is 6.12. The van der Waals surface area contributed by atoms with Gasteiger partial charge in [0, 0.05) is 37.0 Å². The highest BCUT2D eigenvalue weighted by atomic mass is 16.5. The average molecular weight is 379 g/mol. The van der Waals surface area contributed by atoms with E-state index in [1.807, 2.05) is 38.1 Å². The number of nitrogens with zero attached hydrogens (tertiary/aromatic N) is 2. The highest BCUT2D eigenvalue weighted by molar-refractivity contribution is 6.02. The van der Waals surface area contributed by atoms with Crippen molar-refractivity contribution in [2.75, 3.05) is 25.1 Å². The van der Waals surface area contributed by atoms with Crippen molar-refractivity contribution in [2.45, 2.75) is 20.4 Å². The topological polar surface area (TPSA) is 85.6 Å². The van der Waals surface area contributed by atoms with Gasteiger partial charge in [-0.25, -0.2) is 0 Å². The highest BCUT2D eigenvalue weighted by Crippen LogP contribution is 2.26. The molecule has 0 aliphatic heterocycles. The van der Waals surface area contributed by atoms with Crippen LogP contribution in [0, 0.1) is 11.3 Å². The van der Waals surface area contributed by atoms with Crippen molar-refractivity contribution in [3.63, 3.8) is 0 Å². The summed E-state index contributed by atoms with van der Waals surface area (Å²) in [6.45, 7) is 6.00. The van der Waals surface area contributed by atoms with E-state index in [9.17, 15) is 15.2 Å². The third-order valence-corrected chi connectivity index (χ3v) is 4.42. The molecule has 2 aromatic carbocycles. The Bertz CT molecular complexity index is 879. The maximum atomic E-state index is 12.3. The number of nitrogens with one attached hydrogen (secondary N) is 1. The first kappa shape index (κ1) is 20.8. The van der Waals surface area contributed by atoms with Crippen molar-refractivity contribution in [3.05, 3.63) is 59.2 Å². The van der Waals surface area contributed by atoms with E-state index in [1.165, 1.54) is 6.08 Å². The summed E-state index contributed by atoms with van der Waals surface area (Å²) in [5.74, 6) is 0.266. The van der Waals surface area contributed by atoms with Gasteiger partial charge >= 0.3 is 0 Å². The molecule has 0 heterocycles. The Kier molecular flexibility index (Phi) is 7.46. The van der Waals surface area contributed by atoms with Crippen LogP contribution in [-0.2, 0) is 11.3 Å². The van der Waals surface area contributed by atoms with Gasteiger partial charge in [-0.15, -0.1) is 0 Å². The van der Waals surface area contributed by atoms with Crippen molar-refractivity contribution >= 4 is 17.7 Å². The van der Waals surface area contributed by atoms with Crippen LogP contribution in [-0.4, -0.2) is 31.2 Å². The molecule has 0 aliphatic carbocycles. The smallest absolute Gasteiger partial charge is 0.262 e. The van der Waals surface area contributed by atoms with Crippen molar-refractivity contribution in [1.82, 2.24) is 5.32 Å². The molecule has 0 radical (unpaired) electrons. The Morgan fingerprint density at radius 1 is 1.21 bits per heavy atom. The minimum atomic E-state index is -0.495. The summed E-state index contributed by atoms with van der Waals surface area (Å²) in [6.07, 6.45) is 1.39. The lowest BCUT2D eigenvalue weighted by molar-refractivity contribution is -0.117. The molecule has 2 aromatic rings. The maximum Gasteiger partial charge on any atom is 0.262 e. The first-order chi connectivity index (χ1) is 13.5. The van der Waals surface area contributed by atoms with Crippen molar-refractivity contribution < 1.29 is 14.6 Å². The number of methoxy groups -OCH3 is 1. The summed E-state index contributed by atoms with van der Waals surface area (Å²) in [4.78, 5) is 14.4. The number of hydrogen-bond acceptors (Lipinski definition) is 5. The summed E-state index contributed by atoms with van der Waals surface area (Å²) in [6, 6.07) is 14.4. The average Bonchev–Trinajstić information content (AvgIpc) is 2.72. The van der Waals surface area contributed by atoms with E-state index in [4.69, 9.17) is 4.74 Å². The lowest BCUT2D eigenvalue weighted by atomic mass is 10.1. The fraction of sp³-hybridized carbons (Fsp3) is 0.273. The Balaban J connectivity index is 2.11. The number of phenolic OH excluding ortho intramolecular Hbond substituents is 1. The molecule has 0 aromatic heterocycles. The van der Waals surface area contributed by atoms with Gasteiger partial charge in [-0.1, -0.05) is 12.1 Å². The van der Waals surface area contributed by atoms with Crippen LogP contribution in [0.2, 0.25) is 0 Å². The number of benzene rings is 2. The third kappa shape index (κ3) is 5.27. The van der Waals surface area contributed by atoms with Crippen LogP contribution in [0.5, 0.6) is 11.5 Å². The van der Waals surface area contributed by atoms with Gasteiger partial charge in [0.25, 0.3) is 5.91 Å². The lowest BCUT2D eigenvalue weighted by Crippen LogP contribution is -2.24. The van der Waals surface area contributed by atoms with Crippen molar-refractivity contribution in [2.24, 2.45) is 0 Å². The molecule has 0 fully saturated rings. The summed E-state index contributed by atoms with van der Waals surface area (Å²) in [5.41, 5.74) is 2.13. The normalized spacial score (nSPS) is 10.9. The van der Waals surface area contributed by atoms with Gasteiger partial charge < -0.3 is 20.1 Å². The number of ether oxygens (including phenoxy) is 1. The minimum Gasteiger partial charge on any atom is -0.507 e.